The van der Waals surface area contributed by atoms with Crippen LogP contribution in [0.25, 0.3) is 0 Å². The molecular formula is C14H14ClN3O2. The largest absolute Gasteiger partial charge is 0.350 e. The highest BCUT2D eigenvalue weighted by molar-refractivity contribution is 6.30. The fourth-order valence-corrected chi connectivity index (χ4v) is 1.82. The van der Waals surface area contributed by atoms with Gasteiger partial charge < -0.3 is 5.32 Å². The van der Waals surface area contributed by atoms with Crippen LogP contribution < -0.4 is 10.9 Å². The van der Waals surface area contributed by atoms with Gasteiger partial charge in [0.2, 0.25) is 0 Å². The Kier molecular flexibility index (Phi) is 4.53. The maximum Gasteiger partial charge on any atom is 0.266 e. The molecule has 0 aliphatic heterocycles. The number of carbonyl (C=O) groups excluding carboxylic acids is 1. The van der Waals surface area contributed by atoms with Gasteiger partial charge in [0.25, 0.3) is 11.5 Å². The van der Waals surface area contributed by atoms with Crippen LogP contribution in [0.4, 0.5) is 0 Å². The number of aromatic nitrogens is 2. The number of nitrogens with one attached hydrogen (secondary N) is 1. The van der Waals surface area contributed by atoms with E-state index < -0.39 is 0 Å². The van der Waals surface area contributed by atoms with Crippen LogP contribution in [0.5, 0.6) is 0 Å². The van der Waals surface area contributed by atoms with E-state index in [4.69, 9.17) is 11.6 Å². The summed E-state index contributed by atoms with van der Waals surface area (Å²) in [5, 5.41) is 7.40. The molecule has 104 valence electrons. The van der Waals surface area contributed by atoms with Crippen LogP contribution in [0.1, 0.15) is 16.1 Å². The Labute approximate surface area is 121 Å². The lowest BCUT2D eigenvalue weighted by Gasteiger charge is -2.07. The monoisotopic (exact) mass is 291 g/mol. The summed E-state index contributed by atoms with van der Waals surface area (Å²) in [6, 6.07) is 9.73. The zero-order chi connectivity index (χ0) is 14.5. The third-order valence-electron chi connectivity index (χ3n) is 2.72. The fourth-order valence-electron chi connectivity index (χ4n) is 1.69. The summed E-state index contributed by atoms with van der Waals surface area (Å²) >= 11 is 5.75. The second kappa shape index (κ2) is 6.34. The third-order valence-corrected chi connectivity index (χ3v) is 2.97. The minimum Gasteiger partial charge on any atom is -0.350 e. The highest BCUT2D eigenvalue weighted by Crippen LogP contribution is 2.09. The van der Waals surface area contributed by atoms with Crippen LogP contribution in [0.15, 0.2) is 41.2 Å². The van der Waals surface area contributed by atoms with Gasteiger partial charge in [-0.1, -0.05) is 11.6 Å². The van der Waals surface area contributed by atoms with Crippen molar-refractivity contribution in [1.82, 2.24) is 15.1 Å². The SMILES string of the molecule is Cc1ccc(=O)n(CCNC(=O)c2ccc(Cl)cc2)n1. The minimum absolute atomic E-state index is 0.184. The molecular weight excluding hydrogens is 278 g/mol. The van der Waals surface area contributed by atoms with Gasteiger partial charge in [-0.3, -0.25) is 9.59 Å². The molecule has 0 aliphatic rings. The van der Waals surface area contributed by atoms with Crippen molar-refractivity contribution in [2.75, 3.05) is 6.54 Å². The first-order valence-corrected chi connectivity index (χ1v) is 6.52. The second-order valence-corrected chi connectivity index (χ2v) is 4.74. The summed E-state index contributed by atoms with van der Waals surface area (Å²) in [6.07, 6.45) is 0. The molecule has 2 aromatic rings. The fraction of sp³-hybridized carbons (Fsp3) is 0.214. The van der Waals surface area contributed by atoms with Crippen molar-refractivity contribution < 1.29 is 4.79 Å². The van der Waals surface area contributed by atoms with E-state index in [1.165, 1.54) is 10.7 Å². The van der Waals surface area contributed by atoms with Crippen LogP contribution >= 0.6 is 11.6 Å². The van der Waals surface area contributed by atoms with E-state index in [0.717, 1.165) is 5.69 Å². The third kappa shape index (κ3) is 3.68. The van der Waals surface area contributed by atoms with Gasteiger partial charge in [0.15, 0.2) is 0 Å². The number of rotatable bonds is 4. The molecule has 0 spiro atoms. The molecule has 20 heavy (non-hydrogen) atoms. The Morgan fingerprint density at radius 2 is 1.95 bits per heavy atom. The summed E-state index contributed by atoms with van der Waals surface area (Å²) in [7, 11) is 0. The van der Waals surface area contributed by atoms with E-state index in [1.807, 2.05) is 6.92 Å². The Hall–Kier alpha value is -2.14. The Morgan fingerprint density at radius 3 is 2.65 bits per heavy atom. The normalized spacial score (nSPS) is 10.3. The molecule has 1 heterocycles. The van der Waals surface area contributed by atoms with Crippen LogP contribution in [-0.2, 0) is 6.54 Å². The van der Waals surface area contributed by atoms with E-state index in [2.05, 4.69) is 10.4 Å². The summed E-state index contributed by atoms with van der Waals surface area (Å²) in [5.74, 6) is -0.206. The Bertz CT molecular complexity index is 665. The standard InChI is InChI=1S/C14H14ClN3O2/c1-10-2-7-13(19)18(17-10)9-8-16-14(20)11-3-5-12(15)6-4-11/h2-7H,8-9H2,1H3,(H,16,20). The van der Waals surface area contributed by atoms with Crippen LogP contribution in [0, 0.1) is 6.92 Å². The number of aryl methyl sites for hydroxylation is 1. The van der Waals surface area contributed by atoms with E-state index in [0.29, 0.717) is 23.7 Å². The Balaban J connectivity index is 1.92. The molecule has 1 aromatic heterocycles. The quantitative estimate of drug-likeness (QED) is 0.931. The van der Waals surface area contributed by atoms with E-state index >= 15 is 0 Å². The van der Waals surface area contributed by atoms with Crippen molar-refractivity contribution in [1.29, 1.82) is 0 Å². The number of amides is 1. The van der Waals surface area contributed by atoms with E-state index in [1.54, 1.807) is 30.3 Å². The van der Waals surface area contributed by atoms with Gasteiger partial charge >= 0.3 is 0 Å². The molecule has 0 atom stereocenters. The molecule has 0 aliphatic carbocycles. The number of carbonyl (C=O) groups is 1. The molecule has 6 heteroatoms. The van der Waals surface area contributed by atoms with E-state index in [-0.39, 0.29) is 11.5 Å². The molecule has 0 bridgehead atoms. The molecule has 5 nitrogen and oxygen atoms in total. The average molecular weight is 292 g/mol. The van der Waals surface area contributed by atoms with Crippen LogP contribution in [0.2, 0.25) is 5.02 Å². The van der Waals surface area contributed by atoms with Gasteiger partial charge in [-0.05, 0) is 37.3 Å². The predicted octanol–water partition coefficient (Wildman–Crippen LogP) is 1.64. The maximum absolute atomic E-state index is 11.8. The number of benzene rings is 1. The maximum atomic E-state index is 11.8. The minimum atomic E-state index is -0.206. The topological polar surface area (TPSA) is 64.0 Å². The zero-order valence-corrected chi connectivity index (χ0v) is 11.7. The number of halogens is 1. The second-order valence-electron chi connectivity index (χ2n) is 4.30. The summed E-state index contributed by atoms with van der Waals surface area (Å²) < 4.78 is 1.33. The zero-order valence-electron chi connectivity index (χ0n) is 11.0. The van der Waals surface area contributed by atoms with E-state index in [9.17, 15) is 9.59 Å². The number of nitrogens with zero attached hydrogens (tertiary/aromatic N) is 2. The van der Waals surface area contributed by atoms with Crippen molar-refractivity contribution in [3.8, 4) is 0 Å². The lowest BCUT2D eigenvalue weighted by Crippen LogP contribution is -2.32. The molecule has 2 rings (SSSR count). The number of hydrogen-bond acceptors (Lipinski definition) is 3. The summed E-state index contributed by atoms with van der Waals surface area (Å²) in [6.45, 7) is 2.47. The predicted molar refractivity (Wildman–Crippen MR) is 77.0 cm³/mol. The van der Waals surface area contributed by atoms with Gasteiger partial charge in [0, 0.05) is 23.2 Å². The molecule has 1 aromatic carbocycles. The molecule has 1 amide bonds. The van der Waals surface area contributed by atoms with Crippen molar-refractivity contribution in [3.05, 3.63) is 63.0 Å². The molecule has 0 radical (unpaired) electrons. The smallest absolute Gasteiger partial charge is 0.266 e. The molecule has 0 unspecified atom stereocenters. The van der Waals surface area contributed by atoms with Gasteiger partial charge in [0.1, 0.15) is 0 Å². The number of hydrogen-bond donors (Lipinski definition) is 1. The first-order chi connectivity index (χ1) is 9.56. The van der Waals surface area contributed by atoms with Gasteiger partial charge in [-0.25, -0.2) is 4.68 Å². The highest BCUT2D eigenvalue weighted by atomic mass is 35.5. The molecule has 1 N–H and O–H groups in total. The van der Waals surface area contributed by atoms with Crippen molar-refractivity contribution >= 4 is 17.5 Å². The lowest BCUT2D eigenvalue weighted by molar-refractivity contribution is 0.0951. The Morgan fingerprint density at radius 1 is 1.25 bits per heavy atom. The molecule has 0 fully saturated rings. The lowest BCUT2D eigenvalue weighted by atomic mass is 10.2. The van der Waals surface area contributed by atoms with Crippen molar-refractivity contribution in [3.63, 3.8) is 0 Å². The van der Waals surface area contributed by atoms with Gasteiger partial charge in [-0.2, -0.15) is 5.10 Å². The van der Waals surface area contributed by atoms with Crippen LogP contribution in [-0.4, -0.2) is 22.2 Å². The summed E-state index contributed by atoms with van der Waals surface area (Å²) in [4.78, 5) is 23.4. The average Bonchev–Trinajstić information content (AvgIpc) is 2.43. The van der Waals surface area contributed by atoms with Crippen LogP contribution in [0.3, 0.4) is 0 Å². The van der Waals surface area contributed by atoms with Crippen molar-refractivity contribution in [2.45, 2.75) is 13.5 Å². The van der Waals surface area contributed by atoms with Crippen molar-refractivity contribution in [2.24, 2.45) is 0 Å². The highest BCUT2D eigenvalue weighted by Gasteiger charge is 2.05. The first-order valence-electron chi connectivity index (χ1n) is 6.15. The first kappa shape index (κ1) is 14.3. The van der Waals surface area contributed by atoms with Gasteiger partial charge in [-0.15, -0.1) is 0 Å². The molecule has 0 saturated carbocycles. The van der Waals surface area contributed by atoms with Gasteiger partial charge in [0.05, 0.1) is 12.2 Å². The summed E-state index contributed by atoms with van der Waals surface area (Å²) in [5.41, 5.74) is 1.10. The molecule has 0 saturated heterocycles.